The van der Waals surface area contributed by atoms with E-state index in [1.807, 2.05) is 6.92 Å². The zero-order valence-electron chi connectivity index (χ0n) is 11.8. The molecule has 0 bridgehead atoms. The first kappa shape index (κ1) is 15.3. The lowest BCUT2D eigenvalue weighted by Gasteiger charge is -2.17. The fraction of sp³-hybridized carbons (Fsp3) is 0.500. The molecule has 1 aromatic rings. The van der Waals surface area contributed by atoms with Gasteiger partial charge in [-0.2, -0.15) is 0 Å². The van der Waals surface area contributed by atoms with Gasteiger partial charge in [0.1, 0.15) is 5.75 Å². The zero-order chi connectivity index (χ0) is 14.3. The quantitative estimate of drug-likeness (QED) is 0.603. The smallest absolute Gasteiger partial charge is 0.253 e. The number of anilines is 1. The van der Waals surface area contributed by atoms with Crippen LogP contribution in [0.1, 0.15) is 23.7 Å². The van der Waals surface area contributed by atoms with E-state index in [4.69, 9.17) is 15.2 Å². The molecular formula is C14H22N2O3. The fourth-order valence-corrected chi connectivity index (χ4v) is 1.76. The second-order valence-corrected chi connectivity index (χ2v) is 4.30. The predicted molar refractivity (Wildman–Crippen MR) is 75.5 cm³/mol. The topological polar surface area (TPSA) is 64.8 Å². The number of nitrogens with zero attached hydrogens (tertiary/aromatic N) is 1. The molecule has 0 fully saturated rings. The van der Waals surface area contributed by atoms with Crippen LogP contribution in [0.2, 0.25) is 0 Å². The van der Waals surface area contributed by atoms with E-state index in [0.29, 0.717) is 36.8 Å². The van der Waals surface area contributed by atoms with Gasteiger partial charge in [-0.3, -0.25) is 4.79 Å². The van der Waals surface area contributed by atoms with E-state index in [2.05, 4.69) is 0 Å². The maximum Gasteiger partial charge on any atom is 0.253 e. The second kappa shape index (κ2) is 7.63. The van der Waals surface area contributed by atoms with Gasteiger partial charge in [0, 0.05) is 44.6 Å². The third-order valence-corrected chi connectivity index (χ3v) is 2.68. The Kier molecular flexibility index (Phi) is 6.15. The second-order valence-electron chi connectivity index (χ2n) is 4.30. The summed E-state index contributed by atoms with van der Waals surface area (Å²) in [6.07, 6.45) is 0.805. The van der Waals surface area contributed by atoms with Crippen LogP contribution in [0.15, 0.2) is 18.2 Å². The van der Waals surface area contributed by atoms with Gasteiger partial charge in [-0.15, -0.1) is 0 Å². The van der Waals surface area contributed by atoms with Gasteiger partial charge >= 0.3 is 0 Å². The molecule has 1 rings (SSSR count). The Bertz CT molecular complexity index is 421. The average molecular weight is 266 g/mol. The molecule has 0 atom stereocenters. The van der Waals surface area contributed by atoms with Gasteiger partial charge in [-0.25, -0.2) is 0 Å². The Hall–Kier alpha value is -1.75. The lowest BCUT2D eigenvalue weighted by molar-refractivity contribution is 0.0779. The molecule has 106 valence electrons. The van der Waals surface area contributed by atoms with Crippen molar-refractivity contribution in [3.05, 3.63) is 23.8 Å². The number of rotatable bonds is 7. The number of amides is 1. The summed E-state index contributed by atoms with van der Waals surface area (Å²) >= 11 is 0. The van der Waals surface area contributed by atoms with Gasteiger partial charge in [0.05, 0.1) is 6.61 Å². The first-order chi connectivity index (χ1) is 9.08. The highest BCUT2D eigenvalue weighted by Gasteiger charge is 2.13. The van der Waals surface area contributed by atoms with E-state index in [9.17, 15) is 4.79 Å². The van der Waals surface area contributed by atoms with Crippen LogP contribution in [-0.4, -0.2) is 44.7 Å². The molecule has 1 amide bonds. The molecule has 5 heteroatoms. The Labute approximate surface area is 114 Å². The van der Waals surface area contributed by atoms with Crippen molar-refractivity contribution in [2.24, 2.45) is 0 Å². The minimum Gasteiger partial charge on any atom is -0.494 e. The Morgan fingerprint density at radius 1 is 1.37 bits per heavy atom. The number of methoxy groups -OCH3 is 1. The van der Waals surface area contributed by atoms with Crippen LogP contribution in [0.4, 0.5) is 5.69 Å². The molecule has 0 spiro atoms. The van der Waals surface area contributed by atoms with Crippen molar-refractivity contribution in [3.8, 4) is 5.75 Å². The molecule has 0 saturated heterocycles. The van der Waals surface area contributed by atoms with Gasteiger partial charge in [0.15, 0.2) is 0 Å². The lowest BCUT2D eigenvalue weighted by atomic mass is 10.1. The molecule has 2 N–H and O–H groups in total. The number of ether oxygens (including phenoxy) is 2. The molecule has 0 heterocycles. The van der Waals surface area contributed by atoms with E-state index in [0.717, 1.165) is 6.42 Å². The van der Waals surface area contributed by atoms with Gasteiger partial charge in [-0.05, 0) is 25.5 Å². The van der Waals surface area contributed by atoms with Crippen LogP contribution in [0, 0.1) is 0 Å². The van der Waals surface area contributed by atoms with Crippen LogP contribution < -0.4 is 10.5 Å². The van der Waals surface area contributed by atoms with Crippen LogP contribution in [0.5, 0.6) is 5.75 Å². The molecule has 0 unspecified atom stereocenters. The number of carbonyl (C=O) groups is 1. The Morgan fingerprint density at radius 3 is 2.74 bits per heavy atom. The minimum atomic E-state index is -0.0654. The largest absolute Gasteiger partial charge is 0.494 e. The number of nitrogens with two attached hydrogens (primary N) is 1. The average Bonchev–Trinajstić information content (AvgIpc) is 2.37. The SMILES string of the molecule is CCOc1cc(N)cc(C(=O)N(C)CCCOC)c1. The summed E-state index contributed by atoms with van der Waals surface area (Å²) in [5.74, 6) is 0.556. The lowest BCUT2D eigenvalue weighted by Crippen LogP contribution is -2.28. The summed E-state index contributed by atoms with van der Waals surface area (Å²) in [6, 6.07) is 5.10. The molecular weight excluding hydrogens is 244 g/mol. The van der Waals surface area contributed by atoms with E-state index in [1.54, 1.807) is 37.3 Å². The van der Waals surface area contributed by atoms with Crippen molar-refractivity contribution in [1.82, 2.24) is 4.90 Å². The maximum atomic E-state index is 12.2. The Balaban J connectivity index is 2.74. The number of benzene rings is 1. The molecule has 0 saturated carbocycles. The van der Waals surface area contributed by atoms with E-state index < -0.39 is 0 Å². The van der Waals surface area contributed by atoms with Gasteiger partial charge in [0.25, 0.3) is 5.91 Å². The monoisotopic (exact) mass is 266 g/mol. The van der Waals surface area contributed by atoms with Crippen molar-refractivity contribution >= 4 is 11.6 Å². The zero-order valence-corrected chi connectivity index (χ0v) is 11.8. The summed E-state index contributed by atoms with van der Waals surface area (Å²) in [7, 11) is 3.41. The highest BCUT2D eigenvalue weighted by atomic mass is 16.5. The summed E-state index contributed by atoms with van der Waals surface area (Å²) in [6.45, 7) is 3.71. The first-order valence-electron chi connectivity index (χ1n) is 6.36. The number of carbonyl (C=O) groups excluding carboxylic acids is 1. The number of hydrogen-bond donors (Lipinski definition) is 1. The summed E-state index contributed by atoms with van der Waals surface area (Å²) in [4.78, 5) is 13.9. The molecule has 5 nitrogen and oxygen atoms in total. The highest BCUT2D eigenvalue weighted by Crippen LogP contribution is 2.20. The number of hydrogen-bond acceptors (Lipinski definition) is 4. The van der Waals surface area contributed by atoms with Crippen molar-refractivity contribution in [1.29, 1.82) is 0 Å². The van der Waals surface area contributed by atoms with Crippen LogP contribution in [-0.2, 0) is 4.74 Å². The minimum absolute atomic E-state index is 0.0654. The van der Waals surface area contributed by atoms with Crippen molar-refractivity contribution in [3.63, 3.8) is 0 Å². The fourth-order valence-electron chi connectivity index (χ4n) is 1.76. The Morgan fingerprint density at radius 2 is 2.11 bits per heavy atom. The molecule has 1 aromatic carbocycles. The molecule has 0 radical (unpaired) electrons. The molecule has 0 aliphatic carbocycles. The third kappa shape index (κ3) is 4.79. The van der Waals surface area contributed by atoms with Crippen LogP contribution >= 0.6 is 0 Å². The standard InChI is InChI=1S/C14H22N2O3/c1-4-19-13-9-11(8-12(15)10-13)14(17)16(2)6-5-7-18-3/h8-10H,4-7,15H2,1-3H3. The van der Waals surface area contributed by atoms with Crippen molar-refractivity contribution < 1.29 is 14.3 Å². The van der Waals surface area contributed by atoms with E-state index in [1.165, 1.54) is 0 Å². The molecule has 19 heavy (non-hydrogen) atoms. The summed E-state index contributed by atoms with van der Waals surface area (Å²) in [5, 5.41) is 0. The third-order valence-electron chi connectivity index (χ3n) is 2.68. The molecule has 0 aliphatic heterocycles. The van der Waals surface area contributed by atoms with Gasteiger partial charge < -0.3 is 20.1 Å². The molecule has 0 aliphatic rings. The normalized spacial score (nSPS) is 10.3. The van der Waals surface area contributed by atoms with Crippen molar-refractivity contribution in [2.75, 3.05) is 39.6 Å². The predicted octanol–water partition coefficient (Wildman–Crippen LogP) is 1.78. The van der Waals surface area contributed by atoms with Crippen molar-refractivity contribution in [2.45, 2.75) is 13.3 Å². The maximum absolute atomic E-state index is 12.2. The van der Waals surface area contributed by atoms with Gasteiger partial charge in [-0.1, -0.05) is 0 Å². The molecule has 0 aromatic heterocycles. The number of nitrogen functional groups attached to an aromatic ring is 1. The van der Waals surface area contributed by atoms with Gasteiger partial charge in [0.2, 0.25) is 0 Å². The first-order valence-corrected chi connectivity index (χ1v) is 6.36. The van der Waals surface area contributed by atoms with Crippen LogP contribution in [0.25, 0.3) is 0 Å². The van der Waals surface area contributed by atoms with E-state index >= 15 is 0 Å². The van der Waals surface area contributed by atoms with E-state index in [-0.39, 0.29) is 5.91 Å². The summed E-state index contributed by atoms with van der Waals surface area (Å²) in [5.41, 5.74) is 6.85. The highest BCUT2D eigenvalue weighted by molar-refractivity contribution is 5.95. The summed E-state index contributed by atoms with van der Waals surface area (Å²) < 4.78 is 10.4. The van der Waals surface area contributed by atoms with Crippen LogP contribution in [0.3, 0.4) is 0 Å².